The fourth-order valence-electron chi connectivity index (χ4n) is 2.23. The van der Waals surface area contributed by atoms with Crippen molar-refractivity contribution in [3.63, 3.8) is 0 Å². The monoisotopic (exact) mass is 287 g/mol. The number of halogens is 2. The lowest BCUT2D eigenvalue weighted by Gasteiger charge is -2.14. The Morgan fingerprint density at radius 2 is 1.95 bits per heavy atom. The minimum absolute atomic E-state index is 0.277. The van der Waals surface area contributed by atoms with E-state index in [1.54, 1.807) is 12.1 Å². The molecular formula is C16H11ClFNO. The number of nitrogens with zero attached hydrogens (tertiary/aromatic N) is 1. The van der Waals surface area contributed by atoms with Gasteiger partial charge in [0.2, 0.25) is 0 Å². The van der Waals surface area contributed by atoms with E-state index in [9.17, 15) is 9.65 Å². The third-order valence-corrected chi connectivity index (χ3v) is 3.65. The Morgan fingerprint density at radius 3 is 2.60 bits per heavy atom. The van der Waals surface area contributed by atoms with Gasteiger partial charge in [-0.05, 0) is 31.0 Å². The third kappa shape index (κ3) is 2.35. The van der Waals surface area contributed by atoms with E-state index in [0.29, 0.717) is 11.5 Å². The molecule has 0 saturated heterocycles. The van der Waals surface area contributed by atoms with Crippen LogP contribution >= 0.6 is 11.6 Å². The van der Waals surface area contributed by atoms with Gasteiger partial charge in [-0.25, -0.2) is 4.39 Å². The molecule has 0 aromatic heterocycles. The zero-order valence-corrected chi connectivity index (χ0v) is 11.3. The molecular weight excluding hydrogens is 277 g/mol. The molecule has 1 fully saturated rings. The normalized spacial score (nSPS) is 15.4. The maximum Gasteiger partial charge on any atom is 0.132 e. The molecule has 20 heavy (non-hydrogen) atoms. The summed E-state index contributed by atoms with van der Waals surface area (Å²) < 4.78 is 19.1. The zero-order chi connectivity index (χ0) is 14.2. The molecule has 0 unspecified atom stereocenters. The summed E-state index contributed by atoms with van der Waals surface area (Å²) in [5.41, 5.74) is 0.399. The Labute approximate surface area is 121 Å². The first-order valence-corrected chi connectivity index (χ1v) is 6.65. The second-order valence-electron chi connectivity index (χ2n) is 4.90. The van der Waals surface area contributed by atoms with Crippen LogP contribution in [0.25, 0.3) is 0 Å². The van der Waals surface area contributed by atoms with Crippen LogP contribution in [0.5, 0.6) is 11.5 Å². The zero-order valence-electron chi connectivity index (χ0n) is 10.6. The predicted octanol–water partition coefficient (Wildman–Crippen LogP) is 4.83. The standard InChI is InChI=1S/C16H11ClFNO/c17-11-7-12(18)9-13(8-11)20-15-4-2-1-3-14(15)16(10-19)5-6-16/h1-4,7-9H,5-6H2. The smallest absolute Gasteiger partial charge is 0.132 e. The van der Waals surface area contributed by atoms with E-state index in [1.807, 2.05) is 18.2 Å². The molecule has 1 aliphatic carbocycles. The number of hydrogen-bond acceptors (Lipinski definition) is 2. The lowest BCUT2D eigenvalue weighted by atomic mass is 9.97. The Bertz CT molecular complexity index is 684. The summed E-state index contributed by atoms with van der Waals surface area (Å²) in [6, 6.07) is 13.7. The highest BCUT2D eigenvalue weighted by molar-refractivity contribution is 6.30. The highest BCUT2D eigenvalue weighted by Crippen LogP contribution is 2.51. The molecule has 4 heteroatoms. The first-order valence-electron chi connectivity index (χ1n) is 6.28. The highest BCUT2D eigenvalue weighted by Gasteiger charge is 2.46. The van der Waals surface area contributed by atoms with Crippen molar-refractivity contribution in [3.8, 4) is 17.6 Å². The van der Waals surface area contributed by atoms with Crippen molar-refractivity contribution < 1.29 is 9.13 Å². The van der Waals surface area contributed by atoms with Gasteiger partial charge >= 0.3 is 0 Å². The van der Waals surface area contributed by atoms with Crippen molar-refractivity contribution in [3.05, 3.63) is 58.9 Å². The average molecular weight is 288 g/mol. The molecule has 0 atom stereocenters. The third-order valence-electron chi connectivity index (χ3n) is 3.43. The summed E-state index contributed by atoms with van der Waals surface area (Å²) >= 11 is 5.81. The molecule has 0 radical (unpaired) electrons. The summed E-state index contributed by atoms with van der Waals surface area (Å²) in [4.78, 5) is 0. The number of rotatable bonds is 3. The molecule has 0 heterocycles. The molecule has 2 aromatic carbocycles. The van der Waals surface area contributed by atoms with Crippen LogP contribution in [0.1, 0.15) is 18.4 Å². The van der Waals surface area contributed by atoms with Crippen molar-refractivity contribution in [2.45, 2.75) is 18.3 Å². The lowest BCUT2D eigenvalue weighted by Crippen LogP contribution is -2.04. The molecule has 0 aliphatic heterocycles. The van der Waals surface area contributed by atoms with E-state index < -0.39 is 11.2 Å². The molecule has 2 nitrogen and oxygen atoms in total. The summed E-state index contributed by atoms with van der Waals surface area (Å²) in [6.45, 7) is 0. The summed E-state index contributed by atoms with van der Waals surface area (Å²) in [5.74, 6) is 0.454. The van der Waals surface area contributed by atoms with Crippen LogP contribution in [0, 0.1) is 17.1 Å². The van der Waals surface area contributed by atoms with Crippen LogP contribution in [0.15, 0.2) is 42.5 Å². The molecule has 1 aliphatic rings. The maximum absolute atomic E-state index is 13.3. The number of hydrogen-bond donors (Lipinski definition) is 0. The van der Waals surface area contributed by atoms with E-state index >= 15 is 0 Å². The first-order chi connectivity index (χ1) is 9.63. The average Bonchev–Trinajstić information content (AvgIpc) is 3.19. The van der Waals surface area contributed by atoms with Crippen molar-refractivity contribution in [1.82, 2.24) is 0 Å². The van der Waals surface area contributed by atoms with Gasteiger partial charge < -0.3 is 4.74 Å². The van der Waals surface area contributed by atoms with E-state index in [2.05, 4.69) is 6.07 Å². The largest absolute Gasteiger partial charge is 0.457 e. The van der Waals surface area contributed by atoms with Crippen LogP contribution in [0.2, 0.25) is 5.02 Å². The van der Waals surface area contributed by atoms with E-state index in [0.717, 1.165) is 18.4 Å². The molecule has 100 valence electrons. The molecule has 1 saturated carbocycles. The van der Waals surface area contributed by atoms with Crippen LogP contribution < -0.4 is 4.74 Å². The summed E-state index contributed by atoms with van der Waals surface area (Å²) in [5, 5.41) is 9.58. The topological polar surface area (TPSA) is 33.0 Å². The molecule has 3 rings (SSSR count). The van der Waals surface area contributed by atoms with Gasteiger partial charge in [-0.3, -0.25) is 0 Å². The highest BCUT2D eigenvalue weighted by atomic mass is 35.5. The Balaban J connectivity index is 1.98. The Hall–Kier alpha value is -2.05. The van der Waals surface area contributed by atoms with Gasteiger partial charge in [0.1, 0.15) is 17.3 Å². The molecule has 0 spiro atoms. The van der Waals surface area contributed by atoms with Crippen LogP contribution in [0.3, 0.4) is 0 Å². The molecule has 0 N–H and O–H groups in total. The maximum atomic E-state index is 13.3. The number of para-hydroxylation sites is 1. The lowest BCUT2D eigenvalue weighted by molar-refractivity contribution is 0.468. The number of ether oxygens (including phenoxy) is 1. The van der Waals surface area contributed by atoms with E-state index in [4.69, 9.17) is 16.3 Å². The molecule has 0 amide bonds. The molecule has 0 bridgehead atoms. The van der Waals surface area contributed by atoms with Gasteiger partial charge in [-0.1, -0.05) is 29.8 Å². The minimum Gasteiger partial charge on any atom is -0.457 e. The van der Waals surface area contributed by atoms with Gasteiger partial charge in [0.05, 0.1) is 11.5 Å². The van der Waals surface area contributed by atoms with Gasteiger partial charge in [-0.2, -0.15) is 5.26 Å². The summed E-state index contributed by atoms with van der Waals surface area (Å²) in [7, 11) is 0. The second kappa shape index (κ2) is 4.81. The number of nitriles is 1. The fourth-order valence-corrected chi connectivity index (χ4v) is 2.44. The first kappa shape index (κ1) is 13.0. The predicted molar refractivity (Wildman–Crippen MR) is 74.5 cm³/mol. The number of benzene rings is 2. The van der Waals surface area contributed by atoms with Gasteiger partial charge in [0, 0.05) is 16.7 Å². The van der Waals surface area contributed by atoms with Crippen LogP contribution in [0.4, 0.5) is 4.39 Å². The SMILES string of the molecule is N#CC1(c2ccccc2Oc2cc(F)cc(Cl)c2)CC1. The van der Waals surface area contributed by atoms with Crippen molar-refractivity contribution in [2.24, 2.45) is 0 Å². The molecule has 2 aromatic rings. The van der Waals surface area contributed by atoms with E-state index in [-0.39, 0.29) is 5.02 Å². The minimum atomic E-state index is -0.452. The Morgan fingerprint density at radius 1 is 1.20 bits per heavy atom. The van der Waals surface area contributed by atoms with Gasteiger partial charge in [-0.15, -0.1) is 0 Å². The van der Waals surface area contributed by atoms with Crippen molar-refractivity contribution in [1.29, 1.82) is 5.26 Å². The van der Waals surface area contributed by atoms with Gasteiger partial charge in [0.25, 0.3) is 0 Å². The fraction of sp³-hybridized carbons (Fsp3) is 0.188. The van der Waals surface area contributed by atoms with Gasteiger partial charge in [0.15, 0.2) is 0 Å². The summed E-state index contributed by atoms with van der Waals surface area (Å²) in [6.07, 6.45) is 1.65. The van der Waals surface area contributed by atoms with E-state index in [1.165, 1.54) is 12.1 Å². The quantitative estimate of drug-likeness (QED) is 0.810. The second-order valence-corrected chi connectivity index (χ2v) is 5.33. The van der Waals surface area contributed by atoms with Crippen molar-refractivity contribution >= 4 is 11.6 Å². The van der Waals surface area contributed by atoms with Crippen LogP contribution in [-0.2, 0) is 5.41 Å². The van der Waals surface area contributed by atoms with Crippen molar-refractivity contribution in [2.75, 3.05) is 0 Å². The Kier molecular flexibility index (Phi) is 3.11. The van der Waals surface area contributed by atoms with Crippen LogP contribution in [-0.4, -0.2) is 0 Å².